The second-order valence-electron chi connectivity index (χ2n) is 8.37. The van der Waals surface area contributed by atoms with Crippen LogP contribution in [0.15, 0.2) is 79.0 Å². The van der Waals surface area contributed by atoms with E-state index in [0.29, 0.717) is 0 Å². The zero-order valence-corrected chi connectivity index (χ0v) is 17.8. The van der Waals surface area contributed by atoms with Crippen LogP contribution in [-0.2, 0) is 25.7 Å². The number of benzene rings is 3. The fourth-order valence-electron chi connectivity index (χ4n) is 4.54. The Morgan fingerprint density at radius 1 is 0.781 bits per heavy atom. The van der Waals surface area contributed by atoms with E-state index in [-0.39, 0.29) is 0 Å². The summed E-state index contributed by atoms with van der Waals surface area (Å²) in [7, 11) is 0. The highest BCUT2D eigenvalue weighted by Gasteiger charge is 2.15. The number of fused-ring (bicyclic) bond motifs is 2. The molecule has 32 heavy (non-hydrogen) atoms. The van der Waals surface area contributed by atoms with E-state index < -0.39 is 0 Å². The molecule has 1 aliphatic carbocycles. The molecule has 1 aliphatic rings. The van der Waals surface area contributed by atoms with Crippen molar-refractivity contribution in [2.24, 2.45) is 0 Å². The van der Waals surface area contributed by atoms with E-state index in [4.69, 9.17) is 4.98 Å². The molecule has 5 nitrogen and oxygen atoms in total. The number of rotatable bonds is 5. The van der Waals surface area contributed by atoms with Gasteiger partial charge in [0.1, 0.15) is 5.82 Å². The van der Waals surface area contributed by atoms with Gasteiger partial charge in [-0.1, -0.05) is 65.9 Å². The lowest BCUT2D eigenvalue weighted by Crippen LogP contribution is -2.03. The zero-order valence-electron chi connectivity index (χ0n) is 17.8. The summed E-state index contributed by atoms with van der Waals surface area (Å²) in [5.74, 6) is 0.812. The molecule has 0 bridgehead atoms. The highest BCUT2D eigenvalue weighted by molar-refractivity contribution is 5.70. The van der Waals surface area contributed by atoms with Crippen molar-refractivity contribution in [1.82, 2.24) is 25.0 Å². The first-order valence-electron chi connectivity index (χ1n) is 11.2. The number of aromatic nitrogens is 5. The Kier molecular flexibility index (Phi) is 4.72. The van der Waals surface area contributed by atoms with Gasteiger partial charge in [-0.05, 0) is 65.6 Å². The topological polar surface area (TPSA) is 56.5 Å². The van der Waals surface area contributed by atoms with Crippen molar-refractivity contribution in [3.05, 3.63) is 102 Å². The van der Waals surface area contributed by atoms with Crippen LogP contribution in [0.2, 0.25) is 0 Å². The lowest BCUT2D eigenvalue weighted by atomic mass is 10.0. The van der Waals surface area contributed by atoms with Gasteiger partial charge >= 0.3 is 0 Å². The van der Waals surface area contributed by atoms with Crippen LogP contribution in [0.5, 0.6) is 0 Å². The summed E-state index contributed by atoms with van der Waals surface area (Å²) >= 11 is 0. The van der Waals surface area contributed by atoms with Crippen molar-refractivity contribution in [3.63, 3.8) is 0 Å². The molecule has 0 aliphatic heterocycles. The zero-order chi connectivity index (χ0) is 21.3. The first-order valence-corrected chi connectivity index (χ1v) is 11.2. The summed E-state index contributed by atoms with van der Waals surface area (Å²) in [6.45, 7) is 0. The van der Waals surface area contributed by atoms with Crippen LogP contribution >= 0.6 is 0 Å². The summed E-state index contributed by atoms with van der Waals surface area (Å²) in [6.07, 6.45) is 6.98. The van der Waals surface area contributed by atoms with Gasteiger partial charge in [0.2, 0.25) is 0 Å². The second-order valence-corrected chi connectivity index (χ2v) is 8.37. The maximum Gasteiger partial charge on any atom is 0.187 e. The Hall–Kier alpha value is -3.86. The lowest BCUT2D eigenvalue weighted by molar-refractivity contribution is 0.807. The summed E-state index contributed by atoms with van der Waals surface area (Å²) in [5, 5.41) is 8.64. The molecular formula is C27H23N5. The highest BCUT2D eigenvalue weighted by Crippen LogP contribution is 2.25. The summed E-state index contributed by atoms with van der Waals surface area (Å²) in [4.78, 5) is 9.37. The first kappa shape index (κ1) is 18.9. The predicted molar refractivity (Wildman–Crippen MR) is 126 cm³/mol. The van der Waals surface area contributed by atoms with Gasteiger partial charge in [0, 0.05) is 6.42 Å². The average Bonchev–Trinajstić information content (AvgIpc) is 3.49. The van der Waals surface area contributed by atoms with Gasteiger partial charge in [0.05, 0.1) is 11.9 Å². The maximum absolute atomic E-state index is 4.83. The molecular weight excluding hydrogens is 394 g/mol. The number of hydrogen-bond acceptors (Lipinski definition) is 4. The van der Waals surface area contributed by atoms with Crippen LogP contribution in [-0.4, -0.2) is 25.0 Å². The van der Waals surface area contributed by atoms with Crippen molar-refractivity contribution in [2.45, 2.75) is 32.1 Å². The van der Waals surface area contributed by atoms with Crippen molar-refractivity contribution >= 4 is 11.2 Å². The molecule has 2 heterocycles. The van der Waals surface area contributed by atoms with Gasteiger partial charge in [-0.3, -0.25) is 0 Å². The quantitative estimate of drug-likeness (QED) is 0.397. The van der Waals surface area contributed by atoms with Crippen LogP contribution < -0.4 is 0 Å². The summed E-state index contributed by atoms with van der Waals surface area (Å²) < 4.78 is 1.84. The van der Waals surface area contributed by atoms with Gasteiger partial charge in [0.15, 0.2) is 11.2 Å². The molecule has 0 saturated heterocycles. The molecule has 0 radical (unpaired) electrons. The molecule has 0 unspecified atom stereocenters. The molecule has 3 aromatic carbocycles. The van der Waals surface area contributed by atoms with Crippen LogP contribution in [0, 0.1) is 0 Å². The third-order valence-electron chi connectivity index (χ3n) is 6.24. The van der Waals surface area contributed by atoms with Gasteiger partial charge in [0.25, 0.3) is 0 Å². The van der Waals surface area contributed by atoms with Gasteiger partial charge in [-0.2, -0.15) is 4.68 Å². The molecule has 156 valence electrons. The fourth-order valence-corrected chi connectivity index (χ4v) is 4.54. The number of aryl methyl sites for hydroxylation is 4. The molecule has 0 saturated carbocycles. The van der Waals surface area contributed by atoms with Gasteiger partial charge < -0.3 is 0 Å². The Bertz CT molecular complexity index is 1400. The lowest BCUT2D eigenvalue weighted by Gasteiger charge is -2.07. The third kappa shape index (κ3) is 3.56. The van der Waals surface area contributed by atoms with Gasteiger partial charge in [-0.25, -0.2) is 9.97 Å². The molecule has 5 aromatic rings. The smallest absolute Gasteiger partial charge is 0.187 e. The minimum absolute atomic E-state index is 0.723. The predicted octanol–water partition coefficient (Wildman–Crippen LogP) is 5.15. The van der Waals surface area contributed by atoms with Crippen molar-refractivity contribution in [1.29, 1.82) is 0 Å². The monoisotopic (exact) mass is 417 g/mol. The number of nitrogens with zero attached hydrogens (tertiary/aromatic N) is 5. The van der Waals surface area contributed by atoms with Crippen molar-refractivity contribution in [2.75, 3.05) is 0 Å². The fraction of sp³-hybridized carbons (Fsp3) is 0.185. The van der Waals surface area contributed by atoms with E-state index in [2.05, 4.69) is 82.0 Å². The maximum atomic E-state index is 4.83. The SMILES string of the molecule is c1ccc(-c2cccc(CCc3ncc4nnn(-c5ccc6c(c5)CCC6)c4n3)c2)cc1. The van der Waals surface area contributed by atoms with Crippen LogP contribution in [0.4, 0.5) is 0 Å². The third-order valence-corrected chi connectivity index (χ3v) is 6.24. The van der Waals surface area contributed by atoms with Crippen LogP contribution in [0.3, 0.4) is 0 Å². The van der Waals surface area contributed by atoms with E-state index in [1.165, 1.54) is 40.7 Å². The minimum atomic E-state index is 0.723. The largest absolute Gasteiger partial charge is 0.239 e. The molecule has 2 aromatic heterocycles. The van der Waals surface area contributed by atoms with E-state index in [9.17, 15) is 0 Å². The van der Waals surface area contributed by atoms with Crippen molar-refractivity contribution < 1.29 is 0 Å². The molecule has 5 heteroatoms. The highest BCUT2D eigenvalue weighted by atomic mass is 15.4. The second kappa shape index (κ2) is 8.00. The Balaban J connectivity index is 1.26. The normalized spacial score (nSPS) is 12.9. The van der Waals surface area contributed by atoms with Gasteiger partial charge in [-0.15, -0.1) is 5.10 Å². The van der Waals surface area contributed by atoms with Crippen molar-refractivity contribution in [3.8, 4) is 16.8 Å². The molecule has 0 spiro atoms. The average molecular weight is 418 g/mol. The van der Waals surface area contributed by atoms with Crippen LogP contribution in [0.25, 0.3) is 28.0 Å². The van der Waals surface area contributed by atoms with E-state index >= 15 is 0 Å². The van der Waals surface area contributed by atoms with E-state index in [1.54, 1.807) is 6.20 Å². The van der Waals surface area contributed by atoms with Crippen LogP contribution in [0.1, 0.15) is 28.9 Å². The van der Waals surface area contributed by atoms with E-state index in [0.717, 1.165) is 41.9 Å². The standard InChI is InChI=1S/C27H23N5/c1-2-7-20(8-3-1)22-10-4-6-19(16-22)12-15-26-28-18-25-27(29-26)32(31-30-25)24-14-13-21-9-5-11-23(21)17-24/h1-4,6-8,10,13-14,16-18H,5,9,11-12,15H2. The Labute approximate surface area is 186 Å². The number of hydrogen-bond donors (Lipinski definition) is 0. The molecule has 0 fully saturated rings. The molecule has 0 amide bonds. The summed E-state index contributed by atoms with van der Waals surface area (Å²) in [6, 6.07) is 25.7. The summed E-state index contributed by atoms with van der Waals surface area (Å²) in [5.41, 5.74) is 9.12. The molecule has 0 N–H and O–H groups in total. The molecule has 6 rings (SSSR count). The first-order chi connectivity index (χ1) is 15.8. The minimum Gasteiger partial charge on any atom is -0.239 e. The Morgan fingerprint density at radius 2 is 1.66 bits per heavy atom. The molecule has 0 atom stereocenters. The van der Waals surface area contributed by atoms with E-state index in [1.807, 2.05) is 10.7 Å². The Morgan fingerprint density at radius 3 is 2.59 bits per heavy atom.